The van der Waals surface area contributed by atoms with Crippen LogP contribution in [0, 0.1) is 11.3 Å². The van der Waals surface area contributed by atoms with Crippen molar-refractivity contribution < 1.29 is 14.3 Å². The van der Waals surface area contributed by atoms with E-state index in [0.717, 1.165) is 56.2 Å². The molecule has 3 heterocycles. The number of anilines is 1. The molecule has 0 aliphatic carbocycles. The van der Waals surface area contributed by atoms with E-state index in [2.05, 4.69) is 34.4 Å². The van der Waals surface area contributed by atoms with Crippen molar-refractivity contribution in [3.63, 3.8) is 0 Å². The van der Waals surface area contributed by atoms with Gasteiger partial charge in [0.15, 0.2) is 11.5 Å². The van der Waals surface area contributed by atoms with Crippen molar-refractivity contribution in [2.45, 2.75) is 53.0 Å². The number of nitrogens with zero attached hydrogens (tertiary/aromatic N) is 3. The highest BCUT2D eigenvalue weighted by Gasteiger charge is 2.26. The molecule has 0 spiro atoms. The van der Waals surface area contributed by atoms with Crippen molar-refractivity contribution in [2.75, 3.05) is 31.7 Å². The Morgan fingerprint density at radius 1 is 1.19 bits per heavy atom. The van der Waals surface area contributed by atoms with E-state index >= 15 is 0 Å². The Morgan fingerprint density at radius 2 is 1.94 bits per heavy atom. The molecule has 1 atom stereocenters. The molecule has 7 nitrogen and oxygen atoms in total. The van der Waals surface area contributed by atoms with E-state index in [-0.39, 0.29) is 5.91 Å². The van der Waals surface area contributed by atoms with E-state index in [9.17, 15) is 4.79 Å². The van der Waals surface area contributed by atoms with Crippen LogP contribution >= 0.6 is 0 Å². The third kappa shape index (κ3) is 5.21. The Bertz CT molecular complexity index is 910. The molecule has 1 N–H and O–H groups in total. The summed E-state index contributed by atoms with van der Waals surface area (Å²) in [5.74, 6) is 3.08. The first-order valence-electron chi connectivity index (χ1n) is 11.3. The summed E-state index contributed by atoms with van der Waals surface area (Å²) < 4.78 is 12.9. The predicted molar refractivity (Wildman–Crippen MR) is 120 cm³/mol. The van der Waals surface area contributed by atoms with Gasteiger partial charge in [-0.1, -0.05) is 33.8 Å². The number of hydrogen-bond donors (Lipinski definition) is 1. The second-order valence-corrected chi connectivity index (χ2v) is 9.89. The van der Waals surface area contributed by atoms with Crippen molar-refractivity contribution in [3.8, 4) is 11.5 Å². The smallest absolute Gasteiger partial charge is 0.231 e. The molecule has 0 bridgehead atoms. The molecule has 1 amide bonds. The quantitative estimate of drug-likeness (QED) is 0.753. The number of hydrogen-bond acceptors (Lipinski definition) is 5. The highest BCUT2D eigenvalue weighted by Crippen LogP contribution is 2.33. The van der Waals surface area contributed by atoms with Crippen LogP contribution in [0.4, 0.5) is 5.82 Å². The van der Waals surface area contributed by atoms with Gasteiger partial charge in [-0.25, -0.2) is 4.68 Å². The Hall–Kier alpha value is -2.54. The summed E-state index contributed by atoms with van der Waals surface area (Å²) in [5.41, 5.74) is 0.870. The maximum absolute atomic E-state index is 12.4. The fourth-order valence-corrected chi connectivity index (χ4v) is 4.33. The van der Waals surface area contributed by atoms with Gasteiger partial charge in [-0.05, 0) is 42.9 Å². The zero-order valence-electron chi connectivity index (χ0n) is 19.1. The van der Waals surface area contributed by atoms with Crippen LogP contribution in [0.5, 0.6) is 11.5 Å². The minimum atomic E-state index is -0.424. The van der Waals surface area contributed by atoms with Gasteiger partial charge >= 0.3 is 0 Å². The average molecular weight is 427 g/mol. The maximum atomic E-state index is 12.4. The molecule has 2 aliphatic heterocycles. The zero-order valence-corrected chi connectivity index (χ0v) is 19.1. The van der Waals surface area contributed by atoms with Crippen LogP contribution in [0.2, 0.25) is 0 Å². The predicted octanol–water partition coefficient (Wildman–Crippen LogP) is 4.11. The molecular weight excluding hydrogens is 392 g/mol. The van der Waals surface area contributed by atoms with Crippen LogP contribution in [0.1, 0.15) is 52.1 Å². The van der Waals surface area contributed by atoms with E-state index in [1.807, 2.05) is 37.6 Å². The first kappa shape index (κ1) is 21.7. The summed E-state index contributed by atoms with van der Waals surface area (Å²) in [7, 11) is 0. The molecule has 0 saturated carbocycles. The largest absolute Gasteiger partial charge is 0.454 e. The molecule has 168 valence electrons. The number of nitrogens with one attached hydrogen (secondary N) is 1. The lowest BCUT2D eigenvalue weighted by molar-refractivity contribution is -0.123. The number of ether oxygens (including phenoxy) is 2. The van der Waals surface area contributed by atoms with Gasteiger partial charge in [-0.2, -0.15) is 5.10 Å². The average Bonchev–Trinajstić information content (AvgIpc) is 3.36. The van der Waals surface area contributed by atoms with Gasteiger partial charge in [-0.15, -0.1) is 0 Å². The second kappa shape index (κ2) is 8.91. The Morgan fingerprint density at radius 3 is 2.68 bits per heavy atom. The number of carbonyl (C=O) groups excluding carboxylic acids is 1. The number of amides is 1. The molecule has 4 rings (SSSR count). The molecule has 1 fully saturated rings. The summed E-state index contributed by atoms with van der Waals surface area (Å²) in [6.07, 6.45) is 4.88. The number of fused-ring (bicyclic) bond motifs is 1. The minimum absolute atomic E-state index is 0.0176. The Kier molecular flexibility index (Phi) is 6.23. The third-order valence-electron chi connectivity index (χ3n) is 6.09. The molecule has 1 saturated heterocycles. The Labute approximate surface area is 184 Å². The van der Waals surface area contributed by atoms with E-state index in [1.54, 1.807) is 6.20 Å². The molecule has 0 radical (unpaired) electrons. The fraction of sp³-hybridized carbons (Fsp3) is 0.583. The number of benzene rings is 1. The maximum Gasteiger partial charge on any atom is 0.231 e. The molecule has 1 aromatic carbocycles. The summed E-state index contributed by atoms with van der Waals surface area (Å²) in [6.45, 7) is 11.6. The SMILES string of the molecule is C[C@@H](Cc1ccc2c(c1)OCO2)CN1CCC(n2nccc2NC(=O)C(C)(C)C)CC1. The minimum Gasteiger partial charge on any atom is -0.454 e. The van der Waals surface area contributed by atoms with E-state index < -0.39 is 5.41 Å². The molecule has 31 heavy (non-hydrogen) atoms. The number of aromatic nitrogens is 2. The van der Waals surface area contributed by atoms with Crippen LogP contribution in [-0.4, -0.2) is 47.0 Å². The highest BCUT2D eigenvalue weighted by molar-refractivity contribution is 5.93. The van der Waals surface area contributed by atoms with Crippen LogP contribution < -0.4 is 14.8 Å². The molecule has 0 unspecified atom stereocenters. The second-order valence-electron chi connectivity index (χ2n) is 9.89. The topological polar surface area (TPSA) is 68.6 Å². The van der Waals surface area contributed by atoms with Gasteiger partial charge in [0.2, 0.25) is 12.7 Å². The molecule has 1 aromatic heterocycles. The normalized spacial score (nSPS) is 18.2. The molecule has 2 aliphatic rings. The third-order valence-corrected chi connectivity index (χ3v) is 6.09. The van der Waals surface area contributed by atoms with Gasteiger partial charge in [0.1, 0.15) is 5.82 Å². The lowest BCUT2D eigenvalue weighted by atomic mass is 9.96. The fourth-order valence-electron chi connectivity index (χ4n) is 4.33. The summed E-state index contributed by atoms with van der Waals surface area (Å²) >= 11 is 0. The monoisotopic (exact) mass is 426 g/mol. The van der Waals surface area contributed by atoms with Gasteiger partial charge in [0, 0.05) is 31.1 Å². The summed E-state index contributed by atoms with van der Waals surface area (Å²) in [5, 5.41) is 7.55. The standard InChI is InChI=1S/C24H34N4O3/c1-17(13-18-5-6-20-21(14-18)31-16-30-20)15-27-11-8-19(9-12-27)28-22(7-10-25-28)26-23(29)24(2,3)4/h5-7,10,14,17,19H,8-9,11-13,15-16H2,1-4H3,(H,26,29)/t17-/m0/s1. The zero-order chi connectivity index (χ0) is 22.0. The van der Waals surface area contributed by atoms with Crippen molar-refractivity contribution in [3.05, 3.63) is 36.0 Å². The van der Waals surface area contributed by atoms with E-state index in [1.165, 1.54) is 5.56 Å². The van der Waals surface area contributed by atoms with Gasteiger partial charge < -0.3 is 19.7 Å². The number of piperidine rings is 1. The van der Waals surface area contributed by atoms with Crippen LogP contribution in [-0.2, 0) is 11.2 Å². The van der Waals surface area contributed by atoms with Gasteiger partial charge in [0.25, 0.3) is 0 Å². The molecule has 2 aromatic rings. The number of likely N-dealkylation sites (tertiary alicyclic amines) is 1. The molecular formula is C24H34N4O3. The van der Waals surface area contributed by atoms with Crippen LogP contribution in [0.3, 0.4) is 0 Å². The lowest BCUT2D eigenvalue weighted by Crippen LogP contribution is -2.38. The van der Waals surface area contributed by atoms with Crippen LogP contribution in [0.15, 0.2) is 30.5 Å². The first-order valence-corrected chi connectivity index (χ1v) is 11.3. The first-order chi connectivity index (χ1) is 14.8. The van der Waals surface area contributed by atoms with E-state index in [4.69, 9.17) is 9.47 Å². The number of carbonyl (C=O) groups is 1. The summed E-state index contributed by atoms with van der Waals surface area (Å²) in [6, 6.07) is 8.47. The number of rotatable bonds is 6. The van der Waals surface area contributed by atoms with Crippen LogP contribution in [0.25, 0.3) is 0 Å². The van der Waals surface area contributed by atoms with Gasteiger partial charge in [0.05, 0.1) is 12.2 Å². The van der Waals surface area contributed by atoms with Crippen molar-refractivity contribution in [1.29, 1.82) is 0 Å². The Balaban J connectivity index is 1.27. The highest BCUT2D eigenvalue weighted by atomic mass is 16.7. The van der Waals surface area contributed by atoms with Crippen molar-refractivity contribution in [1.82, 2.24) is 14.7 Å². The van der Waals surface area contributed by atoms with Crippen molar-refractivity contribution >= 4 is 11.7 Å². The van der Waals surface area contributed by atoms with E-state index in [0.29, 0.717) is 18.8 Å². The molecule has 7 heteroatoms. The lowest BCUT2D eigenvalue weighted by Gasteiger charge is -2.34. The summed E-state index contributed by atoms with van der Waals surface area (Å²) in [4.78, 5) is 14.9. The van der Waals surface area contributed by atoms with Gasteiger partial charge in [-0.3, -0.25) is 4.79 Å². The van der Waals surface area contributed by atoms with Crippen molar-refractivity contribution in [2.24, 2.45) is 11.3 Å².